The maximum Gasteiger partial charge on any atom is 0.272 e. The monoisotopic (exact) mass is 206 g/mol. The second-order valence-corrected chi connectivity index (χ2v) is 3.27. The minimum Gasteiger partial charge on any atom is -0.330 e. The zero-order valence-corrected chi connectivity index (χ0v) is 8.97. The highest BCUT2D eigenvalue weighted by Gasteiger charge is 2.17. The summed E-state index contributed by atoms with van der Waals surface area (Å²) in [5.41, 5.74) is 0.513. The third kappa shape index (κ3) is 2.56. The van der Waals surface area contributed by atoms with Crippen molar-refractivity contribution in [2.75, 3.05) is 13.1 Å². The number of rotatable bonds is 4. The van der Waals surface area contributed by atoms with Crippen molar-refractivity contribution in [3.8, 4) is 6.07 Å². The summed E-state index contributed by atoms with van der Waals surface area (Å²) < 4.78 is 1.66. The van der Waals surface area contributed by atoms with Crippen molar-refractivity contribution >= 4 is 5.91 Å². The van der Waals surface area contributed by atoms with Gasteiger partial charge in [0.15, 0.2) is 0 Å². The van der Waals surface area contributed by atoms with Gasteiger partial charge in [-0.25, -0.2) is 4.98 Å². The third-order valence-electron chi connectivity index (χ3n) is 2.08. The molecule has 0 aromatic carbocycles. The van der Waals surface area contributed by atoms with Gasteiger partial charge in [0.05, 0.1) is 18.6 Å². The molecule has 0 atom stereocenters. The Balaban J connectivity index is 2.81. The molecule has 0 spiro atoms. The smallest absolute Gasteiger partial charge is 0.272 e. The summed E-state index contributed by atoms with van der Waals surface area (Å²) in [6, 6.07) is 1.99. The molecule has 5 heteroatoms. The molecule has 1 amide bonds. The van der Waals surface area contributed by atoms with Crippen molar-refractivity contribution in [2.45, 2.75) is 13.3 Å². The van der Waals surface area contributed by atoms with Crippen LogP contribution in [0.25, 0.3) is 0 Å². The first kappa shape index (κ1) is 11.2. The molecule has 1 aromatic heterocycles. The number of carbonyl (C=O) groups is 1. The second-order valence-electron chi connectivity index (χ2n) is 3.27. The summed E-state index contributed by atoms with van der Waals surface area (Å²) in [7, 11) is 1.76. The van der Waals surface area contributed by atoms with Crippen LogP contribution in [0.4, 0.5) is 0 Å². The molecule has 0 bridgehead atoms. The molecule has 15 heavy (non-hydrogen) atoms. The van der Waals surface area contributed by atoms with Crippen LogP contribution >= 0.6 is 0 Å². The van der Waals surface area contributed by atoms with Gasteiger partial charge in [0.25, 0.3) is 5.91 Å². The SMILES string of the molecule is CCCN(CC#N)C(=O)c1cncn1C. The molecule has 80 valence electrons. The number of aromatic nitrogens is 2. The van der Waals surface area contributed by atoms with E-state index in [0.717, 1.165) is 6.42 Å². The molecule has 0 aliphatic rings. The molecule has 0 saturated heterocycles. The minimum atomic E-state index is -0.140. The Hall–Kier alpha value is -1.83. The molecule has 1 rings (SSSR count). The number of aryl methyl sites for hydroxylation is 1. The van der Waals surface area contributed by atoms with Crippen LogP contribution < -0.4 is 0 Å². The van der Waals surface area contributed by atoms with Gasteiger partial charge in [0, 0.05) is 13.6 Å². The summed E-state index contributed by atoms with van der Waals surface area (Å²) in [6.07, 6.45) is 3.93. The predicted octanol–water partition coefficient (Wildman–Crippen LogP) is 0.796. The number of nitriles is 1. The first-order valence-electron chi connectivity index (χ1n) is 4.83. The van der Waals surface area contributed by atoms with Crippen LogP contribution in [0.15, 0.2) is 12.5 Å². The van der Waals surface area contributed by atoms with Crippen LogP contribution in [-0.4, -0.2) is 33.4 Å². The topological polar surface area (TPSA) is 61.9 Å². The van der Waals surface area contributed by atoms with Crippen molar-refractivity contribution in [2.24, 2.45) is 7.05 Å². The molecule has 0 aliphatic heterocycles. The van der Waals surface area contributed by atoms with Crippen LogP contribution in [-0.2, 0) is 7.05 Å². The van der Waals surface area contributed by atoms with Crippen molar-refractivity contribution in [1.82, 2.24) is 14.5 Å². The van der Waals surface area contributed by atoms with Gasteiger partial charge < -0.3 is 9.47 Å². The first-order chi connectivity index (χ1) is 7.20. The number of hydrogen-bond acceptors (Lipinski definition) is 3. The van der Waals surface area contributed by atoms with E-state index in [1.54, 1.807) is 17.9 Å². The molecule has 0 aliphatic carbocycles. The van der Waals surface area contributed by atoms with Gasteiger partial charge in [-0.05, 0) is 6.42 Å². The third-order valence-corrected chi connectivity index (χ3v) is 2.08. The van der Waals surface area contributed by atoms with E-state index in [0.29, 0.717) is 12.2 Å². The van der Waals surface area contributed by atoms with E-state index in [2.05, 4.69) is 4.98 Å². The highest BCUT2D eigenvalue weighted by Crippen LogP contribution is 2.03. The van der Waals surface area contributed by atoms with E-state index >= 15 is 0 Å². The fourth-order valence-corrected chi connectivity index (χ4v) is 1.33. The van der Waals surface area contributed by atoms with Crippen LogP contribution in [0.5, 0.6) is 0 Å². The van der Waals surface area contributed by atoms with E-state index in [1.807, 2.05) is 13.0 Å². The molecule has 1 heterocycles. The van der Waals surface area contributed by atoms with Crippen LogP contribution in [0, 0.1) is 11.3 Å². The quantitative estimate of drug-likeness (QED) is 0.684. The number of carbonyl (C=O) groups excluding carboxylic acids is 1. The Morgan fingerprint density at radius 1 is 1.73 bits per heavy atom. The van der Waals surface area contributed by atoms with Crippen molar-refractivity contribution in [3.63, 3.8) is 0 Å². The predicted molar refractivity (Wildman–Crippen MR) is 55.0 cm³/mol. The molecule has 0 unspecified atom stereocenters. The Morgan fingerprint density at radius 3 is 2.93 bits per heavy atom. The molecule has 0 fully saturated rings. The zero-order valence-electron chi connectivity index (χ0n) is 8.97. The summed E-state index contributed by atoms with van der Waals surface area (Å²) in [6.45, 7) is 2.69. The largest absolute Gasteiger partial charge is 0.330 e. The van der Waals surface area contributed by atoms with E-state index in [9.17, 15) is 4.79 Å². The highest BCUT2D eigenvalue weighted by molar-refractivity contribution is 5.92. The van der Waals surface area contributed by atoms with E-state index in [1.165, 1.54) is 11.1 Å². The van der Waals surface area contributed by atoms with Crippen molar-refractivity contribution < 1.29 is 4.79 Å². The summed E-state index contributed by atoms with van der Waals surface area (Å²) in [5.74, 6) is -0.140. The maximum atomic E-state index is 11.9. The number of nitrogens with zero attached hydrogens (tertiary/aromatic N) is 4. The molecular weight excluding hydrogens is 192 g/mol. The van der Waals surface area contributed by atoms with Crippen LogP contribution in [0.2, 0.25) is 0 Å². The van der Waals surface area contributed by atoms with E-state index in [4.69, 9.17) is 5.26 Å². The maximum absolute atomic E-state index is 11.9. The lowest BCUT2D eigenvalue weighted by Gasteiger charge is -2.18. The van der Waals surface area contributed by atoms with Crippen LogP contribution in [0.1, 0.15) is 23.8 Å². The van der Waals surface area contributed by atoms with Gasteiger partial charge in [0.2, 0.25) is 0 Å². The average Bonchev–Trinajstić information content (AvgIpc) is 2.63. The lowest BCUT2D eigenvalue weighted by molar-refractivity contribution is 0.0766. The Morgan fingerprint density at radius 2 is 2.47 bits per heavy atom. The van der Waals surface area contributed by atoms with Gasteiger partial charge in [-0.2, -0.15) is 5.26 Å². The van der Waals surface area contributed by atoms with Crippen molar-refractivity contribution in [3.05, 3.63) is 18.2 Å². The fraction of sp³-hybridized carbons (Fsp3) is 0.500. The van der Waals surface area contributed by atoms with Gasteiger partial charge >= 0.3 is 0 Å². The number of hydrogen-bond donors (Lipinski definition) is 0. The van der Waals surface area contributed by atoms with Crippen LogP contribution in [0.3, 0.4) is 0 Å². The average molecular weight is 206 g/mol. The molecule has 0 radical (unpaired) electrons. The zero-order chi connectivity index (χ0) is 11.3. The van der Waals surface area contributed by atoms with Gasteiger partial charge in [0.1, 0.15) is 12.2 Å². The lowest BCUT2D eigenvalue weighted by atomic mass is 10.3. The molecule has 0 saturated carbocycles. The second kappa shape index (κ2) is 5.15. The highest BCUT2D eigenvalue weighted by atomic mass is 16.2. The summed E-state index contributed by atoms with van der Waals surface area (Å²) in [5, 5.41) is 8.61. The standard InChI is InChI=1S/C10H14N4O/c1-3-5-14(6-4-11)10(15)9-7-12-8-13(9)2/h7-8H,3,5-6H2,1-2H3. The van der Waals surface area contributed by atoms with E-state index < -0.39 is 0 Å². The minimum absolute atomic E-state index is 0.123. The summed E-state index contributed by atoms with van der Waals surface area (Å²) >= 11 is 0. The number of imidazole rings is 1. The lowest BCUT2D eigenvalue weighted by Crippen LogP contribution is -2.33. The Bertz CT molecular complexity index is 377. The number of amides is 1. The fourth-order valence-electron chi connectivity index (χ4n) is 1.33. The normalized spacial score (nSPS) is 9.67. The molecular formula is C10H14N4O. The van der Waals surface area contributed by atoms with Gasteiger partial charge in [-0.3, -0.25) is 4.79 Å². The van der Waals surface area contributed by atoms with Gasteiger partial charge in [-0.15, -0.1) is 0 Å². The van der Waals surface area contributed by atoms with Crippen molar-refractivity contribution in [1.29, 1.82) is 5.26 Å². The van der Waals surface area contributed by atoms with Gasteiger partial charge in [-0.1, -0.05) is 6.92 Å². The summed E-state index contributed by atoms with van der Waals surface area (Å²) in [4.78, 5) is 17.3. The molecule has 0 N–H and O–H groups in total. The van der Waals surface area contributed by atoms with E-state index in [-0.39, 0.29) is 12.5 Å². The Labute approximate surface area is 88.9 Å². The molecule has 1 aromatic rings. The molecule has 5 nitrogen and oxygen atoms in total. The Kier molecular flexibility index (Phi) is 3.86. The first-order valence-corrected chi connectivity index (χ1v) is 4.83.